The molecule has 2 aliphatic heterocycles. The van der Waals surface area contributed by atoms with Gasteiger partial charge in [0.15, 0.2) is 17.3 Å². The van der Waals surface area contributed by atoms with Crippen LogP contribution in [0.15, 0.2) is 42.5 Å². The van der Waals surface area contributed by atoms with Gasteiger partial charge in [0.2, 0.25) is 5.91 Å². The fourth-order valence-electron chi connectivity index (χ4n) is 4.99. The van der Waals surface area contributed by atoms with E-state index in [4.69, 9.17) is 14.2 Å². The van der Waals surface area contributed by atoms with Crippen LogP contribution in [0.4, 0.5) is 8.78 Å². The highest BCUT2D eigenvalue weighted by Crippen LogP contribution is 2.34. The number of methoxy groups -OCH3 is 1. The number of likely N-dealkylation sites (tertiary alicyclic amines) is 1. The number of benzene rings is 2. The number of hydrogen-bond donors (Lipinski definition) is 2. The number of alkyl halides is 2. The molecule has 1 saturated heterocycles. The van der Waals surface area contributed by atoms with E-state index in [9.17, 15) is 23.5 Å². The van der Waals surface area contributed by atoms with Crippen molar-refractivity contribution < 1.29 is 37.7 Å². The highest BCUT2D eigenvalue weighted by atomic mass is 19.3. The number of rotatable bonds is 13. The maximum Gasteiger partial charge on any atom is 0.250 e. The second kappa shape index (κ2) is 13.9. The van der Waals surface area contributed by atoms with Gasteiger partial charge in [-0.1, -0.05) is 12.5 Å². The lowest BCUT2D eigenvalue weighted by Crippen LogP contribution is -2.50. The molecule has 2 aliphatic rings. The van der Waals surface area contributed by atoms with Crippen LogP contribution < -0.4 is 19.5 Å². The minimum atomic E-state index is -2.68. The Balaban J connectivity index is 1.29. The van der Waals surface area contributed by atoms with Gasteiger partial charge in [0.1, 0.15) is 25.1 Å². The zero-order valence-electron chi connectivity index (χ0n) is 22.9. The summed E-state index contributed by atoms with van der Waals surface area (Å²) in [6.45, 7) is 1.47. The van der Waals surface area contributed by atoms with Crippen molar-refractivity contribution in [2.24, 2.45) is 0 Å². The SMILES string of the molecule is COc1ccc(C(=O)CCCCCC(=O)N[C@H](CN2CCC(F)(F)CC2)[C@H](O)c2ccc3c(c2)OCCO3)cc1. The molecule has 1 fully saturated rings. The number of Topliss-reactive ketones (excluding diaryl/α,β-unsaturated/α-hetero) is 1. The minimum absolute atomic E-state index is 0.0434. The molecule has 0 aliphatic carbocycles. The highest BCUT2D eigenvalue weighted by molar-refractivity contribution is 5.96. The van der Waals surface area contributed by atoms with Crippen molar-refractivity contribution in [3.63, 3.8) is 0 Å². The van der Waals surface area contributed by atoms with Gasteiger partial charge < -0.3 is 29.5 Å². The number of amides is 1. The Morgan fingerprint density at radius 1 is 1.00 bits per heavy atom. The summed E-state index contributed by atoms with van der Waals surface area (Å²) in [7, 11) is 1.57. The highest BCUT2D eigenvalue weighted by Gasteiger charge is 2.36. The Morgan fingerprint density at radius 3 is 2.38 bits per heavy atom. The van der Waals surface area contributed by atoms with Gasteiger partial charge in [0.25, 0.3) is 5.92 Å². The van der Waals surface area contributed by atoms with E-state index in [1.54, 1.807) is 49.6 Å². The third-order valence-electron chi connectivity index (χ3n) is 7.40. The summed E-state index contributed by atoms with van der Waals surface area (Å²) in [5.74, 6) is -1.06. The van der Waals surface area contributed by atoms with E-state index in [-0.39, 0.29) is 50.6 Å². The smallest absolute Gasteiger partial charge is 0.250 e. The number of fused-ring (bicyclic) bond motifs is 1. The number of halogens is 2. The molecule has 2 aromatic carbocycles. The lowest BCUT2D eigenvalue weighted by Gasteiger charge is -2.36. The molecule has 1 amide bonds. The first-order chi connectivity index (χ1) is 19.2. The number of nitrogens with zero attached hydrogens (tertiary/aromatic N) is 1. The molecule has 0 bridgehead atoms. The second-order valence-electron chi connectivity index (χ2n) is 10.4. The maximum absolute atomic E-state index is 13.7. The summed E-state index contributed by atoms with van der Waals surface area (Å²) in [5.41, 5.74) is 1.18. The Morgan fingerprint density at radius 2 is 1.68 bits per heavy atom. The number of aliphatic hydroxyl groups excluding tert-OH is 1. The topological polar surface area (TPSA) is 97.3 Å². The zero-order chi connectivity index (χ0) is 28.5. The zero-order valence-corrected chi connectivity index (χ0v) is 22.9. The van der Waals surface area contributed by atoms with E-state index < -0.39 is 18.1 Å². The number of aliphatic hydroxyl groups is 1. The fourth-order valence-corrected chi connectivity index (χ4v) is 4.99. The van der Waals surface area contributed by atoms with Crippen molar-refractivity contribution in [1.82, 2.24) is 10.2 Å². The first-order valence-electron chi connectivity index (χ1n) is 13.9. The van der Waals surface area contributed by atoms with Crippen molar-refractivity contribution in [2.75, 3.05) is 40.0 Å². The molecule has 8 nitrogen and oxygen atoms in total. The summed E-state index contributed by atoms with van der Waals surface area (Å²) < 4.78 is 43.7. The van der Waals surface area contributed by atoms with Gasteiger partial charge in [-0.2, -0.15) is 0 Å². The van der Waals surface area contributed by atoms with E-state index in [1.165, 1.54) is 0 Å². The molecule has 10 heteroatoms. The van der Waals surface area contributed by atoms with Crippen LogP contribution in [0.3, 0.4) is 0 Å². The van der Waals surface area contributed by atoms with Crippen LogP contribution in [0.2, 0.25) is 0 Å². The van der Waals surface area contributed by atoms with Crippen molar-refractivity contribution in [3.05, 3.63) is 53.6 Å². The molecule has 218 valence electrons. The average Bonchev–Trinajstić information content (AvgIpc) is 2.97. The van der Waals surface area contributed by atoms with Crippen molar-refractivity contribution in [2.45, 2.75) is 63.0 Å². The summed E-state index contributed by atoms with van der Waals surface area (Å²) in [6.07, 6.45) is 1.01. The van der Waals surface area contributed by atoms with Crippen LogP contribution >= 0.6 is 0 Å². The summed E-state index contributed by atoms with van der Waals surface area (Å²) in [4.78, 5) is 27.1. The third-order valence-corrected chi connectivity index (χ3v) is 7.40. The van der Waals surface area contributed by atoms with E-state index in [0.717, 1.165) is 0 Å². The van der Waals surface area contributed by atoms with Crippen molar-refractivity contribution in [3.8, 4) is 17.2 Å². The van der Waals surface area contributed by atoms with Gasteiger partial charge in [-0.05, 0) is 54.8 Å². The molecule has 2 aromatic rings. The standard InChI is InChI=1S/C30H38F2N2O6/c1-38-23-10-7-21(8-11-23)25(35)5-3-2-4-6-28(36)33-24(20-34-15-13-30(31,32)14-16-34)29(37)22-9-12-26-27(19-22)40-18-17-39-26/h7-12,19,24,29,37H,2-6,13-18,20H2,1H3,(H,33,36)/t24-,29-/m1/s1. The Kier molecular flexibility index (Phi) is 10.3. The largest absolute Gasteiger partial charge is 0.497 e. The lowest BCUT2D eigenvalue weighted by atomic mass is 9.99. The Hall–Kier alpha value is -3.24. The number of ketones is 1. The van der Waals surface area contributed by atoms with Crippen molar-refractivity contribution >= 4 is 11.7 Å². The molecule has 40 heavy (non-hydrogen) atoms. The van der Waals surface area contributed by atoms with Gasteiger partial charge >= 0.3 is 0 Å². The number of unbranched alkanes of at least 4 members (excludes halogenated alkanes) is 2. The van der Waals surface area contributed by atoms with Crippen molar-refractivity contribution in [1.29, 1.82) is 0 Å². The molecule has 2 N–H and O–H groups in total. The van der Waals surface area contributed by atoms with Crippen LogP contribution in [-0.4, -0.2) is 73.6 Å². The van der Waals surface area contributed by atoms with Crippen LogP contribution in [0.25, 0.3) is 0 Å². The number of carbonyl (C=O) groups is 2. The van der Waals surface area contributed by atoms with Gasteiger partial charge in [-0.3, -0.25) is 9.59 Å². The van der Waals surface area contributed by atoms with Crippen LogP contribution in [0.1, 0.15) is 67.0 Å². The van der Waals surface area contributed by atoms with Gasteiger partial charge in [0.05, 0.1) is 13.2 Å². The molecule has 0 spiro atoms. The molecule has 0 saturated carbocycles. The number of carbonyl (C=O) groups excluding carboxylic acids is 2. The predicted molar refractivity (Wildman–Crippen MR) is 145 cm³/mol. The monoisotopic (exact) mass is 560 g/mol. The van der Waals surface area contributed by atoms with E-state index in [1.807, 2.05) is 4.90 Å². The molecule has 0 radical (unpaired) electrons. The maximum atomic E-state index is 13.7. The second-order valence-corrected chi connectivity index (χ2v) is 10.4. The van der Waals surface area contributed by atoms with E-state index in [2.05, 4.69) is 5.32 Å². The first kappa shape index (κ1) is 29.7. The molecule has 0 aromatic heterocycles. The lowest BCUT2D eigenvalue weighted by molar-refractivity contribution is -0.123. The van der Waals surface area contributed by atoms with Crippen LogP contribution in [0, 0.1) is 0 Å². The van der Waals surface area contributed by atoms with Gasteiger partial charge in [-0.25, -0.2) is 8.78 Å². The molecular weight excluding hydrogens is 522 g/mol. The van der Waals surface area contributed by atoms with Gasteiger partial charge in [-0.15, -0.1) is 0 Å². The van der Waals surface area contributed by atoms with E-state index >= 15 is 0 Å². The third kappa shape index (κ3) is 8.38. The van der Waals surface area contributed by atoms with Crippen LogP contribution in [0.5, 0.6) is 17.2 Å². The normalized spacial score (nSPS) is 18.0. The number of nitrogens with one attached hydrogen (secondary N) is 1. The molecule has 2 atom stereocenters. The Labute approximate surface area is 233 Å². The van der Waals surface area contributed by atoms with Gasteiger partial charge in [0, 0.05) is 50.9 Å². The van der Waals surface area contributed by atoms with E-state index in [0.29, 0.717) is 67.3 Å². The molecular formula is C30H38F2N2O6. The first-order valence-corrected chi connectivity index (χ1v) is 13.9. The molecule has 0 unspecified atom stereocenters. The molecule has 2 heterocycles. The summed E-state index contributed by atoms with van der Waals surface area (Å²) in [6, 6.07) is 11.4. The predicted octanol–water partition coefficient (Wildman–Crippen LogP) is 4.55. The molecule has 4 rings (SSSR count). The fraction of sp³-hybridized carbons (Fsp3) is 0.533. The number of hydrogen-bond acceptors (Lipinski definition) is 7. The average molecular weight is 561 g/mol. The summed E-state index contributed by atoms with van der Waals surface area (Å²) >= 11 is 0. The quantitative estimate of drug-likeness (QED) is 0.274. The summed E-state index contributed by atoms with van der Waals surface area (Å²) in [5, 5.41) is 14.2. The number of piperidine rings is 1. The minimum Gasteiger partial charge on any atom is -0.497 e. The Bertz CT molecular complexity index is 1130. The van der Waals surface area contributed by atoms with Crippen LogP contribution in [-0.2, 0) is 4.79 Å². The number of ether oxygens (including phenoxy) is 3.